The third kappa shape index (κ3) is 1.93. The maximum atomic E-state index is 9.74. The zero-order valence-electron chi connectivity index (χ0n) is 9.34. The molecule has 3 heteroatoms. The first-order valence-corrected chi connectivity index (χ1v) is 5.99. The van der Waals surface area contributed by atoms with Crippen molar-refractivity contribution in [2.75, 3.05) is 12.3 Å². The number of hydrogen-bond acceptors (Lipinski definition) is 3. The zero-order chi connectivity index (χ0) is 11.1. The lowest BCUT2D eigenvalue weighted by atomic mass is 10.1. The quantitative estimate of drug-likeness (QED) is 0.734. The average molecular weight is 218 g/mol. The second kappa shape index (κ2) is 3.75. The number of nitrogens with zero attached hydrogens (tertiary/aromatic N) is 1. The van der Waals surface area contributed by atoms with Crippen molar-refractivity contribution in [1.29, 1.82) is 0 Å². The highest BCUT2D eigenvalue weighted by Crippen LogP contribution is 2.43. The molecule has 1 aromatic rings. The molecule has 1 heterocycles. The first-order chi connectivity index (χ1) is 7.72. The number of piperidine rings is 1. The first-order valence-electron chi connectivity index (χ1n) is 5.99. The summed E-state index contributed by atoms with van der Waals surface area (Å²) in [6, 6.07) is 8.77. The number of rotatable bonds is 2. The van der Waals surface area contributed by atoms with Crippen LogP contribution in [0, 0.1) is 5.92 Å². The van der Waals surface area contributed by atoms with E-state index >= 15 is 0 Å². The molecule has 3 atom stereocenters. The molecule has 1 aliphatic heterocycles. The number of nitrogen functional groups attached to an aromatic ring is 1. The molecule has 0 bridgehead atoms. The highest BCUT2D eigenvalue weighted by molar-refractivity contribution is 5.39. The van der Waals surface area contributed by atoms with Crippen LogP contribution in [0.5, 0.6) is 0 Å². The predicted octanol–water partition coefficient (Wildman–Crippen LogP) is 1.22. The van der Waals surface area contributed by atoms with Gasteiger partial charge in [-0.15, -0.1) is 0 Å². The van der Waals surface area contributed by atoms with E-state index in [2.05, 4.69) is 17.0 Å². The Morgan fingerprint density at radius 2 is 2.00 bits per heavy atom. The van der Waals surface area contributed by atoms with Crippen LogP contribution in [0.2, 0.25) is 0 Å². The van der Waals surface area contributed by atoms with Gasteiger partial charge in [-0.1, -0.05) is 12.1 Å². The molecule has 16 heavy (non-hydrogen) atoms. The van der Waals surface area contributed by atoms with E-state index in [0.29, 0.717) is 0 Å². The van der Waals surface area contributed by atoms with Crippen molar-refractivity contribution in [3.8, 4) is 0 Å². The van der Waals surface area contributed by atoms with Crippen LogP contribution >= 0.6 is 0 Å². The molecule has 1 saturated heterocycles. The predicted molar refractivity (Wildman–Crippen MR) is 63.8 cm³/mol. The minimum Gasteiger partial charge on any atom is -0.399 e. The van der Waals surface area contributed by atoms with Crippen molar-refractivity contribution in [2.45, 2.75) is 31.5 Å². The Hall–Kier alpha value is -1.06. The summed E-state index contributed by atoms with van der Waals surface area (Å²) in [6.45, 7) is 1.77. The standard InChI is InChI=1S/C13H18N2O/c14-11-3-1-9(2-4-11)7-15-8-12(16)5-10-6-13(10)15/h1-4,10,12-13,16H,5-8,14H2. The second-order valence-electron chi connectivity index (χ2n) is 5.12. The lowest BCUT2D eigenvalue weighted by Crippen LogP contribution is -2.39. The number of benzene rings is 1. The minimum atomic E-state index is -0.127. The van der Waals surface area contributed by atoms with Crippen molar-refractivity contribution in [3.05, 3.63) is 29.8 Å². The number of likely N-dealkylation sites (tertiary alicyclic amines) is 1. The van der Waals surface area contributed by atoms with Gasteiger partial charge in [0, 0.05) is 24.8 Å². The SMILES string of the molecule is Nc1ccc(CN2CC(O)CC3CC32)cc1. The minimum absolute atomic E-state index is 0.127. The van der Waals surface area contributed by atoms with Gasteiger partial charge in [0.05, 0.1) is 6.10 Å². The molecule has 3 unspecified atom stereocenters. The molecule has 1 saturated carbocycles. The summed E-state index contributed by atoms with van der Waals surface area (Å²) in [6.07, 6.45) is 2.15. The topological polar surface area (TPSA) is 49.5 Å². The normalized spacial score (nSPS) is 33.4. The Labute approximate surface area is 95.9 Å². The number of aliphatic hydroxyl groups excluding tert-OH is 1. The van der Waals surface area contributed by atoms with E-state index < -0.39 is 0 Å². The molecule has 3 nitrogen and oxygen atoms in total. The highest BCUT2D eigenvalue weighted by Gasteiger charge is 2.46. The number of β-amino-alcohol motifs (C(OH)–C–C–N with tert-alkyl or cyclic N) is 1. The smallest absolute Gasteiger partial charge is 0.0670 e. The van der Waals surface area contributed by atoms with Gasteiger partial charge >= 0.3 is 0 Å². The van der Waals surface area contributed by atoms with E-state index in [-0.39, 0.29) is 6.10 Å². The fraction of sp³-hybridized carbons (Fsp3) is 0.538. The van der Waals surface area contributed by atoms with Gasteiger partial charge in [0.25, 0.3) is 0 Å². The van der Waals surface area contributed by atoms with Crippen molar-refractivity contribution in [2.24, 2.45) is 5.92 Å². The lowest BCUT2D eigenvalue weighted by Gasteiger charge is -2.29. The van der Waals surface area contributed by atoms with Crippen molar-refractivity contribution >= 4 is 5.69 Å². The monoisotopic (exact) mass is 218 g/mol. The van der Waals surface area contributed by atoms with Crippen LogP contribution in [-0.4, -0.2) is 28.7 Å². The van der Waals surface area contributed by atoms with Gasteiger partial charge < -0.3 is 10.8 Å². The molecule has 0 amide bonds. The van der Waals surface area contributed by atoms with Gasteiger partial charge in [-0.25, -0.2) is 0 Å². The van der Waals surface area contributed by atoms with E-state index in [1.165, 1.54) is 12.0 Å². The van der Waals surface area contributed by atoms with Gasteiger partial charge in [-0.2, -0.15) is 0 Å². The first kappa shape index (κ1) is 10.1. The second-order valence-corrected chi connectivity index (χ2v) is 5.12. The van der Waals surface area contributed by atoms with E-state index in [0.717, 1.165) is 37.2 Å². The van der Waals surface area contributed by atoms with Gasteiger partial charge in [0.1, 0.15) is 0 Å². The third-order valence-electron chi connectivity index (χ3n) is 3.74. The molecule has 86 valence electrons. The summed E-state index contributed by atoms with van der Waals surface area (Å²) in [5.41, 5.74) is 7.76. The molecule has 3 rings (SSSR count). The molecular formula is C13H18N2O. The Balaban J connectivity index is 1.68. The summed E-state index contributed by atoms with van der Waals surface area (Å²) in [5, 5.41) is 9.74. The maximum absolute atomic E-state index is 9.74. The Morgan fingerprint density at radius 1 is 1.25 bits per heavy atom. The summed E-state index contributed by atoms with van der Waals surface area (Å²) >= 11 is 0. The van der Waals surface area contributed by atoms with Crippen molar-refractivity contribution in [1.82, 2.24) is 4.90 Å². The summed E-state index contributed by atoms with van der Waals surface area (Å²) in [4.78, 5) is 2.41. The van der Waals surface area contributed by atoms with Crippen LogP contribution in [0.3, 0.4) is 0 Å². The Bertz CT molecular complexity index is 376. The van der Waals surface area contributed by atoms with E-state index in [1.54, 1.807) is 0 Å². The number of hydrogen-bond donors (Lipinski definition) is 2. The summed E-state index contributed by atoms with van der Waals surface area (Å²) in [5.74, 6) is 0.748. The van der Waals surface area contributed by atoms with E-state index in [4.69, 9.17) is 5.73 Å². The molecule has 0 spiro atoms. The fourth-order valence-electron chi connectivity index (χ4n) is 2.80. The third-order valence-corrected chi connectivity index (χ3v) is 3.74. The molecule has 1 aromatic carbocycles. The zero-order valence-corrected chi connectivity index (χ0v) is 9.34. The lowest BCUT2D eigenvalue weighted by molar-refractivity contribution is 0.0621. The van der Waals surface area contributed by atoms with Crippen LogP contribution in [0.25, 0.3) is 0 Å². The largest absolute Gasteiger partial charge is 0.399 e. The molecular weight excluding hydrogens is 200 g/mol. The van der Waals surface area contributed by atoms with Gasteiger partial charge in [-0.05, 0) is 36.5 Å². The number of aliphatic hydroxyl groups is 1. The average Bonchev–Trinajstić information content (AvgIpc) is 3.00. The van der Waals surface area contributed by atoms with Gasteiger partial charge in [0.15, 0.2) is 0 Å². The Morgan fingerprint density at radius 3 is 2.75 bits per heavy atom. The van der Waals surface area contributed by atoms with Crippen molar-refractivity contribution < 1.29 is 5.11 Å². The number of anilines is 1. The summed E-state index contributed by atoms with van der Waals surface area (Å²) in [7, 11) is 0. The molecule has 0 radical (unpaired) electrons. The number of nitrogens with two attached hydrogens (primary N) is 1. The molecule has 0 aromatic heterocycles. The number of fused-ring (bicyclic) bond motifs is 1. The van der Waals surface area contributed by atoms with Crippen LogP contribution in [-0.2, 0) is 6.54 Å². The van der Waals surface area contributed by atoms with Crippen LogP contribution in [0.4, 0.5) is 5.69 Å². The van der Waals surface area contributed by atoms with E-state index in [9.17, 15) is 5.11 Å². The molecule has 3 N–H and O–H groups in total. The Kier molecular flexibility index (Phi) is 2.37. The maximum Gasteiger partial charge on any atom is 0.0670 e. The van der Waals surface area contributed by atoms with Gasteiger partial charge in [0.2, 0.25) is 0 Å². The van der Waals surface area contributed by atoms with Gasteiger partial charge in [-0.3, -0.25) is 4.90 Å². The fourth-order valence-corrected chi connectivity index (χ4v) is 2.80. The van der Waals surface area contributed by atoms with Crippen LogP contribution < -0.4 is 5.73 Å². The molecule has 2 fully saturated rings. The summed E-state index contributed by atoms with van der Waals surface area (Å²) < 4.78 is 0. The van der Waals surface area contributed by atoms with Crippen molar-refractivity contribution in [3.63, 3.8) is 0 Å². The van der Waals surface area contributed by atoms with Crippen LogP contribution in [0.1, 0.15) is 18.4 Å². The highest BCUT2D eigenvalue weighted by atomic mass is 16.3. The van der Waals surface area contributed by atoms with E-state index in [1.807, 2.05) is 12.1 Å². The molecule has 1 aliphatic carbocycles. The van der Waals surface area contributed by atoms with Crippen LogP contribution in [0.15, 0.2) is 24.3 Å². The molecule has 2 aliphatic rings.